The molecule has 1 aromatic carbocycles. The Hall–Kier alpha value is -1.63. The highest BCUT2D eigenvalue weighted by Gasteiger charge is 2.18. The Morgan fingerprint density at radius 3 is 2.67 bits per heavy atom. The van der Waals surface area contributed by atoms with Crippen LogP contribution in [-0.2, 0) is 29.4 Å². The number of nitrogens with one attached hydrogen (secondary N) is 1. The van der Waals surface area contributed by atoms with E-state index in [9.17, 15) is 8.42 Å². The number of sulfonamides is 1. The summed E-state index contributed by atoms with van der Waals surface area (Å²) >= 11 is 0. The summed E-state index contributed by atoms with van der Waals surface area (Å²) in [7, 11) is -3.76. The van der Waals surface area contributed by atoms with Crippen molar-refractivity contribution in [2.24, 2.45) is 5.14 Å². The zero-order valence-electron chi connectivity index (χ0n) is 11.6. The van der Waals surface area contributed by atoms with Crippen LogP contribution in [0.2, 0.25) is 0 Å². The van der Waals surface area contributed by atoms with Gasteiger partial charge in [0.1, 0.15) is 5.76 Å². The van der Waals surface area contributed by atoms with Crippen molar-refractivity contribution in [1.29, 1.82) is 0 Å². The molecule has 0 fully saturated rings. The molecule has 0 amide bonds. The molecule has 1 aromatic heterocycles. The second-order valence-corrected chi connectivity index (χ2v) is 6.85. The van der Waals surface area contributed by atoms with Crippen molar-refractivity contribution in [3.63, 3.8) is 0 Å². The number of hydrogen-bond donors (Lipinski definition) is 2. The first-order chi connectivity index (χ1) is 10.0. The van der Waals surface area contributed by atoms with Gasteiger partial charge in [-0.15, -0.1) is 0 Å². The molecule has 1 unspecified atom stereocenters. The molecule has 0 aliphatic heterocycles. The molecule has 112 valence electrons. The van der Waals surface area contributed by atoms with Crippen LogP contribution in [0, 0.1) is 0 Å². The Labute approximate surface area is 124 Å². The van der Waals surface area contributed by atoms with Crippen molar-refractivity contribution in [2.75, 3.05) is 0 Å². The normalized spacial score (nSPS) is 18.4. The van der Waals surface area contributed by atoms with Crippen LogP contribution < -0.4 is 10.5 Å². The minimum atomic E-state index is -3.76. The van der Waals surface area contributed by atoms with Crippen molar-refractivity contribution < 1.29 is 12.8 Å². The third-order valence-electron chi connectivity index (χ3n) is 3.83. The highest BCUT2D eigenvalue weighted by molar-refractivity contribution is 7.89. The minimum Gasteiger partial charge on any atom is -0.447 e. The van der Waals surface area contributed by atoms with Gasteiger partial charge in [0.15, 0.2) is 0 Å². The van der Waals surface area contributed by atoms with Crippen molar-refractivity contribution in [1.82, 2.24) is 5.32 Å². The van der Waals surface area contributed by atoms with Gasteiger partial charge in [-0.3, -0.25) is 0 Å². The van der Waals surface area contributed by atoms with Crippen LogP contribution in [-0.4, -0.2) is 14.5 Å². The van der Waals surface area contributed by atoms with Gasteiger partial charge in [0.2, 0.25) is 5.09 Å². The maximum absolute atomic E-state index is 11.2. The van der Waals surface area contributed by atoms with Crippen LogP contribution in [0.15, 0.2) is 45.9 Å². The van der Waals surface area contributed by atoms with E-state index in [0.717, 1.165) is 19.3 Å². The molecule has 0 radical (unpaired) electrons. The van der Waals surface area contributed by atoms with E-state index < -0.39 is 10.0 Å². The van der Waals surface area contributed by atoms with E-state index in [4.69, 9.17) is 9.56 Å². The van der Waals surface area contributed by atoms with E-state index in [0.29, 0.717) is 18.3 Å². The van der Waals surface area contributed by atoms with Gasteiger partial charge in [0.25, 0.3) is 10.0 Å². The molecule has 0 bridgehead atoms. The van der Waals surface area contributed by atoms with E-state index >= 15 is 0 Å². The van der Waals surface area contributed by atoms with Crippen molar-refractivity contribution >= 4 is 10.0 Å². The van der Waals surface area contributed by atoms with E-state index in [2.05, 4.69) is 29.6 Å². The van der Waals surface area contributed by atoms with Gasteiger partial charge in [0.05, 0.1) is 6.54 Å². The number of aryl methyl sites for hydroxylation is 1. The predicted octanol–water partition coefficient (Wildman–Crippen LogP) is 1.57. The molecule has 0 saturated carbocycles. The molecule has 1 heterocycles. The Morgan fingerprint density at radius 2 is 1.95 bits per heavy atom. The van der Waals surface area contributed by atoms with Crippen molar-refractivity contribution in [2.45, 2.75) is 36.9 Å². The van der Waals surface area contributed by atoms with Gasteiger partial charge in [-0.25, -0.2) is 13.6 Å². The van der Waals surface area contributed by atoms with Crippen LogP contribution in [0.1, 0.15) is 23.3 Å². The summed E-state index contributed by atoms with van der Waals surface area (Å²) in [5.74, 6) is 0.581. The maximum Gasteiger partial charge on any atom is 0.271 e. The smallest absolute Gasteiger partial charge is 0.271 e. The molecule has 0 saturated heterocycles. The number of rotatable bonds is 4. The van der Waals surface area contributed by atoms with Crippen LogP contribution in [0.3, 0.4) is 0 Å². The van der Waals surface area contributed by atoms with Crippen molar-refractivity contribution in [3.05, 3.63) is 53.3 Å². The van der Waals surface area contributed by atoms with E-state index in [1.807, 2.05) is 0 Å². The van der Waals surface area contributed by atoms with Crippen LogP contribution in [0.4, 0.5) is 0 Å². The molecule has 1 aliphatic carbocycles. The lowest BCUT2D eigenvalue weighted by atomic mass is 9.88. The lowest BCUT2D eigenvalue weighted by Crippen LogP contribution is -2.33. The Morgan fingerprint density at radius 1 is 1.19 bits per heavy atom. The minimum absolute atomic E-state index is 0.187. The lowest BCUT2D eigenvalue weighted by molar-refractivity contribution is 0.377. The standard InChI is InChI=1S/C15H18N2O3S/c16-21(18,19)15-8-7-14(20-15)10-17-13-6-5-11-3-1-2-4-12(11)9-13/h1-4,7-8,13,17H,5-6,9-10H2,(H2,16,18,19). The fourth-order valence-corrected chi connectivity index (χ4v) is 3.20. The summed E-state index contributed by atoms with van der Waals surface area (Å²) in [6, 6.07) is 11.9. The third kappa shape index (κ3) is 3.34. The first-order valence-corrected chi connectivity index (χ1v) is 8.49. The predicted molar refractivity (Wildman–Crippen MR) is 79.2 cm³/mol. The number of fused-ring (bicyclic) bond motifs is 1. The first-order valence-electron chi connectivity index (χ1n) is 6.94. The molecule has 3 N–H and O–H groups in total. The molecule has 6 heteroatoms. The van der Waals surface area contributed by atoms with Crippen molar-refractivity contribution in [3.8, 4) is 0 Å². The average molecular weight is 306 g/mol. The van der Waals surface area contributed by atoms with Gasteiger partial charge in [0, 0.05) is 6.04 Å². The van der Waals surface area contributed by atoms with Crippen LogP contribution in [0.25, 0.3) is 0 Å². The number of benzene rings is 1. The SMILES string of the molecule is NS(=O)(=O)c1ccc(CNC2CCc3ccccc3C2)o1. The number of hydrogen-bond acceptors (Lipinski definition) is 4. The average Bonchev–Trinajstić information content (AvgIpc) is 2.94. The maximum atomic E-state index is 11.2. The van der Waals surface area contributed by atoms with Gasteiger partial charge >= 0.3 is 0 Å². The molecule has 1 atom stereocenters. The van der Waals surface area contributed by atoms with Gasteiger partial charge in [-0.1, -0.05) is 24.3 Å². The number of nitrogens with two attached hydrogens (primary N) is 1. The van der Waals surface area contributed by atoms with Crippen LogP contribution >= 0.6 is 0 Å². The summed E-state index contributed by atoms with van der Waals surface area (Å²) in [5.41, 5.74) is 2.80. The Bertz CT molecular complexity index is 737. The van der Waals surface area contributed by atoms with E-state index in [-0.39, 0.29) is 5.09 Å². The molecule has 5 nitrogen and oxygen atoms in total. The summed E-state index contributed by atoms with van der Waals surface area (Å²) in [4.78, 5) is 0. The highest BCUT2D eigenvalue weighted by Crippen LogP contribution is 2.21. The summed E-state index contributed by atoms with van der Waals surface area (Å²) in [6.07, 6.45) is 3.12. The highest BCUT2D eigenvalue weighted by atomic mass is 32.2. The molecule has 0 spiro atoms. The van der Waals surface area contributed by atoms with Gasteiger partial charge in [-0.2, -0.15) is 0 Å². The summed E-state index contributed by atoms with van der Waals surface area (Å²) in [5, 5.41) is 8.25. The van der Waals surface area contributed by atoms with Gasteiger partial charge in [-0.05, 0) is 42.5 Å². The summed E-state index contributed by atoms with van der Waals surface area (Å²) in [6.45, 7) is 0.502. The largest absolute Gasteiger partial charge is 0.447 e. The fraction of sp³-hybridized carbons (Fsp3) is 0.333. The topological polar surface area (TPSA) is 85.3 Å². The summed E-state index contributed by atoms with van der Waals surface area (Å²) < 4.78 is 27.5. The molecular formula is C15H18N2O3S. The lowest BCUT2D eigenvalue weighted by Gasteiger charge is -2.25. The molecule has 2 aromatic rings. The zero-order valence-corrected chi connectivity index (χ0v) is 12.4. The first kappa shape index (κ1) is 14.3. The fourth-order valence-electron chi connectivity index (χ4n) is 2.72. The quantitative estimate of drug-likeness (QED) is 0.898. The molecule has 3 rings (SSSR count). The zero-order chi connectivity index (χ0) is 14.9. The second kappa shape index (κ2) is 5.63. The molecule has 1 aliphatic rings. The second-order valence-electron chi connectivity index (χ2n) is 5.36. The monoisotopic (exact) mass is 306 g/mol. The van der Waals surface area contributed by atoms with E-state index in [1.54, 1.807) is 6.07 Å². The van der Waals surface area contributed by atoms with E-state index in [1.165, 1.54) is 17.2 Å². The Kier molecular flexibility index (Phi) is 3.84. The Balaban J connectivity index is 1.61. The number of furan rings is 1. The van der Waals surface area contributed by atoms with Crippen LogP contribution in [0.5, 0.6) is 0 Å². The molecule has 21 heavy (non-hydrogen) atoms. The van der Waals surface area contributed by atoms with Gasteiger partial charge < -0.3 is 9.73 Å². The number of primary sulfonamides is 1. The molecular weight excluding hydrogens is 288 g/mol. The third-order valence-corrected chi connectivity index (χ3v) is 4.61.